The maximum Gasteiger partial charge on any atom is 0.387 e. The van der Waals surface area contributed by atoms with E-state index in [4.69, 9.17) is 17.3 Å². The van der Waals surface area contributed by atoms with Gasteiger partial charge in [-0.3, -0.25) is 0 Å². The predicted octanol–water partition coefficient (Wildman–Crippen LogP) is 2.46. The first-order valence-electron chi connectivity index (χ1n) is 4.52. The molecule has 82 valence electrons. The molecule has 1 aromatic heterocycles. The molecular formula is C10H8ClN3O2. The monoisotopic (exact) mass is 237 g/mol. The van der Waals surface area contributed by atoms with Crippen LogP contribution in [0.1, 0.15) is 5.56 Å². The molecule has 0 fully saturated rings. The van der Waals surface area contributed by atoms with Crippen LogP contribution in [0.2, 0.25) is 0 Å². The zero-order chi connectivity index (χ0) is 11.7. The molecule has 16 heavy (non-hydrogen) atoms. The number of para-hydroxylation sites is 1. The molecule has 0 aliphatic rings. The number of anilines is 1. The van der Waals surface area contributed by atoms with Crippen molar-refractivity contribution < 1.29 is 4.92 Å². The number of rotatable bonds is 2. The van der Waals surface area contributed by atoms with Crippen LogP contribution in [0.25, 0.3) is 10.9 Å². The number of nitrogen functional groups attached to an aromatic ring is 1. The standard InChI is InChI=1S/C10H8ClN3O2/c11-5-7-6-3-1-2-4-8(6)13-10(9(7)12)14(15)16/h1-4H,5,12H2. The molecule has 6 heteroatoms. The molecule has 1 aromatic carbocycles. The summed E-state index contributed by atoms with van der Waals surface area (Å²) in [4.78, 5) is 14.1. The average molecular weight is 238 g/mol. The van der Waals surface area contributed by atoms with Crippen LogP contribution in [0.5, 0.6) is 0 Å². The van der Waals surface area contributed by atoms with Gasteiger partial charge in [-0.25, -0.2) is 0 Å². The van der Waals surface area contributed by atoms with Crippen molar-refractivity contribution in [1.29, 1.82) is 0 Å². The van der Waals surface area contributed by atoms with Crippen LogP contribution in [-0.4, -0.2) is 9.91 Å². The largest absolute Gasteiger partial charge is 0.392 e. The number of fused-ring (bicyclic) bond motifs is 1. The van der Waals surface area contributed by atoms with Crippen molar-refractivity contribution in [3.63, 3.8) is 0 Å². The Morgan fingerprint density at radius 2 is 2.12 bits per heavy atom. The number of hydrogen-bond donors (Lipinski definition) is 1. The molecule has 0 spiro atoms. The van der Waals surface area contributed by atoms with Crippen LogP contribution in [0.4, 0.5) is 11.5 Å². The topological polar surface area (TPSA) is 82.0 Å². The van der Waals surface area contributed by atoms with Gasteiger partial charge in [0.2, 0.25) is 0 Å². The summed E-state index contributed by atoms with van der Waals surface area (Å²) in [6, 6.07) is 7.05. The van der Waals surface area contributed by atoms with Gasteiger partial charge in [0, 0.05) is 10.9 Å². The lowest BCUT2D eigenvalue weighted by Crippen LogP contribution is -2.03. The van der Waals surface area contributed by atoms with E-state index in [-0.39, 0.29) is 17.4 Å². The summed E-state index contributed by atoms with van der Waals surface area (Å²) in [7, 11) is 0. The van der Waals surface area contributed by atoms with Crippen molar-refractivity contribution in [2.45, 2.75) is 5.88 Å². The van der Waals surface area contributed by atoms with E-state index >= 15 is 0 Å². The molecule has 0 atom stereocenters. The summed E-state index contributed by atoms with van der Waals surface area (Å²) in [6.45, 7) is 0. The van der Waals surface area contributed by atoms with E-state index in [0.717, 1.165) is 5.39 Å². The van der Waals surface area contributed by atoms with Gasteiger partial charge < -0.3 is 15.8 Å². The van der Waals surface area contributed by atoms with E-state index in [1.54, 1.807) is 18.2 Å². The number of alkyl halides is 1. The van der Waals surface area contributed by atoms with Crippen LogP contribution in [-0.2, 0) is 5.88 Å². The Morgan fingerprint density at radius 3 is 2.75 bits per heavy atom. The SMILES string of the molecule is Nc1c([N+](=O)[O-])nc2ccccc2c1CCl. The number of aromatic nitrogens is 1. The van der Waals surface area contributed by atoms with Crippen molar-refractivity contribution >= 4 is 34.0 Å². The Kier molecular flexibility index (Phi) is 2.62. The molecule has 0 radical (unpaired) electrons. The molecule has 0 unspecified atom stereocenters. The molecule has 0 saturated carbocycles. The quantitative estimate of drug-likeness (QED) is 0.494. The summed E-state index contributed by atoms with van der Waals surface area (Å²) >= 11 is 5.76. The van der Waals surface area contributed by atoms with Crippen molar-refractivity contribution in [1.82, 2.24) is 4.98 Å². The number of halogens is 1. The van der Waals surface area contributed by atoms with Gasteiger partial charge in [0.15, 0.2) is 5.52 Å². The fraction of sp³-hybridized carbons (Fsp3) is 0.100. The zero-order valence-electron chi connectivity index (χ0n) is 8.18. The molecule has 1 heterocycles. The van der Waals surface area contributed by atoms with Gasteiger partial charge in [0.25, 0.3) is 0 Å². The normalized spacial score (nSPS) is 10.6. The number of pyridine rings is 1. The summed E-state index contributed by atoms with van der Waals surface area (Å²) in [5, 5.41) is 11.5. The molecule has 2 rings (SSSR count). The van der Waals surface area contributed by atoms with Crippen molar-refractivity contribution in [3.8, 4) is 0 Å². The molecular weight excluding hydrogens is 230 g/mol. The fourth-order valence-electron chi connectivity index (χ4n) is 1.56. The maximum atomic E-state index is 10.8. The first-order chi connectivity index (χ1) is 7.65. The number of nitrogens with two attached hydrogens (primary N) is 1. The van der Waals surface area contributed by atoms with E-state index in [1.165, 1.54) is 0 Å². The minimum atomic E-state index is -0.599. The predicted molar refractivity (Wildman–Crippen MR) is 62.4 cm³/mol. The third-order valence-electron chi connectivity index (χ3n) is 2.33. The van der Waals surface area contributed by atoms with Gasteiger partial charge in [-0.05, 0) is 16.0 Å². The highest BCUT2D eigenvalue weighted by Gasteiger charge is 2.20. The first-order valence-corrected chi connectivity index (χ1v) is 5.06. The van der Waals surface area contributed by atoms with Crippen molar-refractivity contribution in [2.75, 3.05) is 5.73 Å². The molecule has 2 N–H and O–H groups in total. The average Bonchev–Trinajstić information content (AvgIpc) is 2.28. The second kappa shape index (κ2) is 3.94. The fourth-order valence-corrected chi connectivity index (χ4v) is 1.85. The van der Waals surface area contributed by atoms with Crippen LogP contribution >= 0.6 is 11.6 Å². The van der Waals surface area contributed by atoms with E-state index < -0.39 is 4.92 Å². The Balaban J connectivity index is 2.88. The maximum absolute atomic E-state index is 10.8. The second-order valence-corrected chi connectivity index (χ2v) is 3.50. The van der Waals surface area contributed by atoms with Crippen LogP contribution in [0.3, 0.4) is 0 Å². The lowest BCUT2D eigenvalue weighted by Gasteiger charge is -2.05. The Hall–Kier alpha value is -1.88. The van der Waals surface area contributed by atoms with Gasteiger partial charge >= 0.3 is 5.82 Å². The smallest absolute Gasteiger partial charge is 0.387 e. The molecule has 0 saturated heterocycles. The second-order valence-electron chi connectivity index (χ2n) is 3.24. The number of nitro groups is 1. The van der Waals surface area contributed by atoms with Crippen LogP contribution < -0.4 is 5.73 Å². The van der Waals surface area contributed by atoms with Crippen molar-refractivity contribution in [3.05, 3.63) is 39.9 Å². The van der Waals surface area contributed by atoms with E-state index in [1.807, 2.05) is 6.07 Å². The van der Waals surface area contributed by atoms with Crippen molar-refractivity contribution in [2.24, 2.45) is 0 Å². The lowest BCUT2D eigenvalue weighted by atomic mass is 10.1. The molecule has 0 aliphatic carbocycles. The highest BCUT2D eigenvalue weighted by Crippen LogP contribution is 2.30. The number of nitrogens with zero attached hydrogens (tertiary/aromatic N) is 2. The van der Waals surface area contributed by atoms with Gasteiger partial charge in [-0.1, -0.05) is 18.2 Å². The minimum absolute atomic E-state index is 0.0405. The zero-order valence-corrected chi connectivity index (χ0v) is 8.94. The molecule has 0 bridgehead atoms. The van der Waals surface area contributed by atoms with E-state index in [0.29, 0.717) is 11.1 Å². The third-order valence-corrected chi connectivity index (χ3v) is 2.60. The Labute approximate surface area is 96.0 Å². The number of hydrogen-bond acceptors (Lipinski definition) is 4. The summed E-state index contributed by atoms with van der Waals surface area (Å²) in [5.41, 5.74) is 6.79. The van der Waals surface area contributed by atoms with Gasteiger partial charge in [0.05, 0.1) is 5.88 Å². The molecule has 2 aromatic rings. The minimum Gasteiger partial charge on any atom is -0.392 e. The van der Waals surface area contributed by atoms with Gasteiger partial charge in [-0.2, -0.15) is 0 Å². The molecule has 5 nitrogen and oxygen atoms in total. The van der Waals surface area contributed by atoms with Crippen LogP contribution in [0, 0.1) is 10.1 Å². The van der Waals surface area contributed by atoms with Gasteiger partial charge in [0.1, 0.15) is 5.69 Å². The Morgan fingerprint density at radius 1 is 1.44 bits per heavy atom. The van der Waals surface area contributed by atoms with Crippen LogP contribution in [0.15, 0.2) is 24.3 Å². The first kappa shape index (κ1) is 10.6. The highest BCUT2D eigenvalue weighted by atomic mass is 35.5. The highest BCUT2D eigenvalue weighted by molar-refractivity contribution is 6.18. The lowest BCUT2D eigenvalue weighted by molar-refractivity contribution is -0.388. The van der Waals surface area contributed by atoms with E-state index in [2.05, 4.69) is 4.98 Å². The summed E-state index contributed by atoms with van der Waals surface area (Å²) in [6.07, 6.45) is 0. The third kappa shape index (κ3) is 1.55. The Bertz CT molecular complexity index is 571. The molecule has 0 aliphatic heterocycles. The summed E-state index contributed by atoms with van der Waals surface area (Å²) < 4.78 is 0. The molecule has 0 amide bonds. The van der Waals surface area contributed by atoms with Gasteiger partial charge in [-0.15, -0.1) is 11.6 Å². The van der Waals surface area contributed by atoms with E-state index in [9.17, 15) is 10.1 Å². The summed E-state index contributed by atoms with van der Waals surface area (Å²) in [5.74, 6) is -0.218. The number of benzene rings is 1.